The van der Waals surface area contributed by atoms with Crippen LogP contribution in [0.3, 0.4) is 0 Å². The third kappa shape index (κ3) is 1.68. The Morgan fingerprint density at radius 2 is 2.00 bits per heavy atom. The molecule has 0 atom stereocenters. The number of hydrogen-bond donors (Lipinski definition) is 0. The van der Waals surface area contributed by atoms with Gasteiger partial charge in [0.15, 0.2) is 0 Å². The van der Waals surface area contributed by atoms with Crippen LogP contribution in [0.4, 0.5) is 0 Å². The number of nitrogens with zero attached hydrogens (tertiary/aromatic N) is 2. The number of halogens is 1. The van der Waals surface area contributed by atoms with E-state index in [-0.39, 0.29) is 0 Å². The van der Waals surface area contributed by atoms with Gasteiger partial charge in [-0.05, 0) is 31.3 Å². The number of rotatable bonds is 0. The molecule has 3 rings (SSSR count). The van der Waals surface area contributed by atoms with Crippen LogP contribution >= 0.6 is 15.9 Å². The van der Waals surface area contributed by atoms with Gasteiger partial charge in [-0.2, -0.15) is 0 Å². The van der Waals surface area contributed by atoms with Crippen LogP contribution in [0, 0.1) is 0 Å². The summed E-state index contributed by atoms with van der Waals surface area (Å²) in [5.74, 6) is 0. The quantitative estimate of drug-likeness (QED) is 0.720. The third-order valence-corrected chi connectivity index (χ3v) is 3.90. The molecule has 16 heavy (non-hydrogen) atoms. The predicted molar refractivity (Wildman–Crippen MR) is 70.8 cm³/mol. The molecule has 0 saturated heterocycles. The molecule has 0 spiro atoms. The number of likely N-dealkylation sites (N-methyl/N-ethyl adjacent to an activating group) is 1. The Bertz CT molecular complexity index is 530. The van der Waals surface area contributed by atoms with Gasteiger partial charge in [0, 0.05) is 47.1 Å². The first kappa shape index (κ1) is 10.4. The van der Waals surface area contributed by atoms with Gasteiger partial charge in [0.1, 0.15) is 0 Å². The smallest absolute Gasteiger partial charge is 0.0483 e. The van der Waals surface area contributed by atoms with Crippen molar-refractivity contribution in [3.8, 4) is 0 Å². The third-order valence-electron chi connectivity index (χ3n) is 3.40. The van der Waals surface area contributed by atoms with E-state index in [0.29, 0.717) is 0 Å². The van der Waals surface area contributed by atoms with Gasteiger partial charge < -0.3 is 9.47 Å². The highest BCUT2D eigenvalue weighted by Gasteiger charge is 2.13. The van der Waals surface area contributed by atoms with Crippen molar-refractivity contribution in [2.45, 2.75) is 13.0 Å². The van der Waals surface area contributed by atoms with Crippen LogP contribution in [-0.4, -0.2) is 29.6 Å². The highest BCUT2D eigenvalue weighted by atomic mass is 79.9. The lowest BCUT2D eigenvalue weighted by Gasteiger charge is -2.11. The van der Waals surface area contributed by atoms with Gasteiger partial charge in [-0.1, -0.05) is 15.9 Å². The highest BCUT2D eigenvalue weighted by molar-refractivity contribution is 9.10. The lowest BCUT2D eigenvalue weighted by atomic mass is 10.2. The SMILES string of the molecule is CN1CCc2cc3cc(Br)ccc3n2CC1. The maximum atomic E-state index is 3.53. The van der Waals surface area contributed by atoms with Crippen molar-refractivity contribution in [2.75, 3.05) is 20.1 Å². The van der Waals surface area contributed by atoms with E-state index in [1.165, 1.54) is 16.6 Å². The standard InChI is InChI=1S/C13H15BrN2/c1-15-5-4-12-9-10-8-11(14)2-3-13(10)16(12)7-6-15/h2-3,8-9H,4-7H2,1H3. The van der Waals surface area contributed by atoms with Crippen LogP contribution in [0.1, 0.15) is 5.69 Å². The molecule has 1 aliphatic heterocycles. The largest absolute Gasteiger partial charge is 0.343 e. The Kier molecular flexibility index (Phi) is 2.52. The molecule has 1 aromatic carbocycles. The molecular weight excluding hydrogens is 264 g/mol. The summed E-state index contributed by atoms with van der Waals surface area (Å²) in [4.78, 5) is 2.40. The van der Waals surface area contributed by atoms with Gasteiger partial charge in [0.2, 0.25) is 0 Å². The molecule has 3 heteroatoms. The normalized spacial score (nSPS) is 17.4. The zero-order chi connectivity index (χ0) is 11.1. The van der Waals surface area contributed by atoms with E-state index in [1.807, 2.05) is 0 Å². The van der Waals surface area contributed by atoms with E-state index >= 15 is 0 Å². The molecule has 0 amide bonds. The number of aromatic nitrogens is 1. The number of hydrogen-bond acceptors (Lipinski definition) is 1. The fourth-order valence-electron chi connectivity index (χ4n) is 2.46. The molecule has 1 aromatic heterocycles. The van der Waals surface area contributed by atoms with Crippen molar-refractivity contribution in [1.29, 1.82) is 0 Å². The van der Waals surface area contributed by atoms with Gasteiger partial charge in [0.25, 0.3) is 0 Å². The van der Waals surface area contributed by atoms with E-state index < -0.39 is 0 Å². The van der Waals surface area contributed by atoms with Crippen molar-refractivity contribution in [2.24, 2.45) is 0 Å². The van der Waals surface area contributed by atoms with Gasteiger partial charge in [-0.3, -0.25) is 0 Å². The zero-order valence-electron chi connectivity index (χ0n) is 9.41. The summed E-state index contributed by atoms with van der Waals surface area (Å²) in [6.07, 6.45) is 1.16. The van der Waals surface area contributed by atoms with Crippen LogP contribution in [0.5, 0.6) is 0 Å². The Balaban J connectivity index is 2.15. The van der Waals surface area contributed by atoms with Gasteiger partial charge >= 0.3 is 0 Å². The molecule has 0 saturated carbocycles. The zero-order valence-corrected chi connectivity index (χ0v) is 11.0. The van der Waals surface area contributed by atoms with E-state index in [1.54, 1.807) is 0 Å². The minimum absolute atomic E-state index is 1.11. The minimum Gasteiger partial charge on any atom is -0.343 e. The Morgan fingerprint density at radius 3 is 2.88 bits per heavy atom. The van der Waals surface area contributed by atoms with E-state index in [0.717, 1.165) is 30.5 Å². The summed E-state index contributed by atoms with van der Waals surface area (Å²) in [6, 6.07) is 8.89. The Hall–Kier alpha value is -0.800. The summed E-state index contributed by atoms with van der Waals surface area (Å²) in [5.41, 5.74) is 2.84. The fraction of sp³-hybridized carbons (Fsp3) is 0.385. The maximum Gasteiger partial charge on any atom is 0.0483 e. The molecular formula is C13H15BrN2. The predicted octanol–water partition coefficient (Wildman–Crippen LogP) is 2.89. The summed E-state index contributed by atoms with van der Waals surface area (Å²) in [5, 5.41) is 1.36. The van der Waals surface area contributed by atoms with Crippen LogP contribution in [0.15, 0.2) is 28.7 Å². The molecule has 84 valence electrons. The van der Waals surface area contributed by atoms with E-state index in [2.05, 4.69) is 56.7 Å². The lowest BCUT2D eigenvalue weighted by Crippen LogP contribution is -2.21. The Labute approximate surface area is 104 Å². The van der Waals surface area contributed by atoms with Crippen LogP contribution in [0.25, 0.3) is 10.9 Å². The second kappa shape index (κ2) is 3.90. The minimum atomic E-state index is 1.11. The monoisotopic (exact) mass is 278 g/mol. The van der Waals surface area contributed by atoms with Crippen LogP contribution < -0.4 is 0 Å². The number of fused-ring (bicyclic) bond motifs is 3. The second-order valence-electron chi connectivity index (χ2n) is 4.54. The molecule has 0 fully saturated rings. The average Bonchev–Trinajstić information content (AvgIpc) is 2.50. The first-order valence-electron chi connectivity index (χ1n) is 5.70. The first-order chi connectivity index (χ1) is 7.74. The maximum absolute atomic E-state index is 3.53. The summed E-state index contributed by atoms with van der Waals surface area (Å²) < 4.78 is 3.63. The molecule has 1 aliphatic rings. The van der Waals surface area contributed by atoms with Crippen LogP contribution in [-0.2, 0) is 13.0 Å². The van der Waals surface area contributed by atoms with E-state index in [9.17, 15) is 0 Å². The summed E-state index contributed by atoms with van der Waals surface area (Å²) in [6.45, 7) is 3.42. The topological polar surface area (TPSA) is 8.17 Å². The van der Waals surface area contributed by atoms with Crippen molar-refractivity contribution < 1.29 is 0 Å². The van der Waals surface area contributed by atoms with Gasteiger partial charge in [-0.15, -0.1) is 0 Å². The molecule has 2 aromatic rings. The molecule has 0 unspecified atom stereocenters. The first-order valence-corrected chi connectivity index (χ1v) is 6.49. The molecule has 0 radical (unpaired) electrons. The van der Waals surface area contributed by atoms with Crippen molar-refractivity contribution in [3.63, 3.8) is 0 Å². The van der Waals surface area contributed by atoms with Crippen molar-refractivity contribution >= 4 is 26.8 Å². The summed E-state index contributed by atoms with van der Waals surface area (Å²) >= 11 is 3.53. The van der Waals surface area contributed by atoms with Crippen molar-refractivity contribution in [1.82, 2.24) is 9.47 Å². The molecule has 0 bridgehead atoms. The van der Waals surface area contributed by atoms with Gasteiger partial charge in [-0.25, -0.2) is 0 Å². The molecule has 2 nitrogen and oxygen atoms in total. The van der Waals surface area contributed by atoms with Crippen molar-refractivity contribution in [3.05, 3.63) is 34.4 Å². The molecule has 0 aliphatic carbocycles. The Morgan fingerprint density at radius 1 is 1.12 bits per heavy atom. The lowest BCUT2D eigenvalue weighted by molar-refractivity contribution is 0.343. The highest BCUT2D eigenvalue weighted by Crippen LogP contribution is 2.25. The summed E-state index contributed by atoms with van der Waals surface area (Å²) in [7, 11) is 2.20. The van der Waals surface area contributed by atoms with Gasteiger partial charge in [0.05, 0.1) is 0 Å². The second-order valence-corrected chi connectivity index (χ2v) is 5.46. The number of benzene rings is 1. The molecule has 0 N–H and O–H groups in total. The van der Waals surface area contributed by atoms with E-state index in [4.69, 9.17) is 0 Å². The van der Waals surface area contributed by atoms with Crippen LogP contribution in [0.2, 0.25) is 0 Å². The fourth-order valence-corrected chi connectivity index (χ4v) is 2.84. The average molecular weight is 279 g/mol. The molecule has 2 heterocycles.